The second kappa shape index (κ2) is 5.68. The number of amidine groups is 1. The first-order chi connectivity index (χ1) is 10.2. The third-order valence-electron chi connectivity index (χ3n) is 4.20. The Kier molecular flexibility index (Phi) is 3.73. The van der Waals surface area contributed by atoms with Crippen LogP contribution in [-0.4, -0.2) is 46.5 Å². The zero-order valence-electron chi connectivity index (χ0n) is 12.2. The van der Waals surface area contributed by atoms with Gasteiger partial charge in [-0.05, 0) is 31.9 Å². The molecular formula is C16H20N4O. The number of aromatic nitrogens is 1. The van der Waals surface area contributed by atoms with E-state index in [0.29, 0.717) is 6.54 Å². The minimum Gasteiger partial charge on any atom is -0.364 e. The monoisotopic (exact) mass is 284 g/mol. The van der Waals surface area contributed by atoms with Crippen LogP contribution in [0.15, 0.2) is 34.9 Å². The van der Waals surface area contributed by atoms with Gasteiger partial charge in [0.05, 0.1) is 6.04 Å². The lowest BCUT2D eigenvalue weighted by Gasteiger charge is -2.36. The van der Waals surface area contributed by atoms with E-state index in [0.717, 1.165) is 36.4 Å². The van der Waals surface area contributed by atoms with E-state index in [2.05, 4.69) is 23.5 Å². The lowest BCUT2D eigenvalue weighted by molar-refractivity contribution is -0.129. The number of aromatic amines is 1. The van der Waals surface area contributed by atoms with Crippen LogP contribution in [0.25, 0.3) is 0 Å². The zero-order chi connectivity index (χ0) is 14.8. The van der Waals surface area contributed by atoms with E-state index in [1.165, 1.54) is 6.08 Å². The molecule has 0 unspecified atom stereocenters. The average molecular weight is 284 g/mol. The summed E-state index contributed by atoms with van der Waals surface area (Å²) in [6.45, 7) is 6.30. The lowest BCUT2D eigenvalue weighted by Crippen LogP contribution is -2.46. The van der Waals surface area contributed by atoms with Gasteiger partial charge in [-0.1, -0.05) is 6.58 Å². The van der Waals surface area contributed by atoms with Crippen molar-refractivity contribution in [3.05, 3.63) is 36.2 Å². The summed E-state index contributed by atoms with van der Waals surface area (Å²) >= 11 is 0. The summed E-state index contributed by atoms with van der Waals surface area (Å²) in [5.74, 6) is 0.768. The minimum atomic E-state index is -0.0121. The molecule has 5 heteroatoms. The van der Waals surface area contributed by atoms with E-state index in [9.17, 15) is 4.79 Å². The van der Waals surface area contributed by atoms with Gasteiger partial charge in [0.15, 0.2) is 5.84 Å². The molecule has 1 aromatic rings. The quantitative estimate of drug-likeness (QED) is 0.829. The number of hydrogen-bond donors (Lipinski definition) is 1. The van der Waals surface area contributed by atoms with Crippen molar-refractivity contribution in [2.24, 2.45) is 9.98 Å². The van der Waals surface area contributed by atoms with E-state index < -0.39 is 0 Å². The van der Waals surface area contributed by atoms with Crippen LogP contribution >= 0.6 is 0 Å². The number of H-pyrrole nitrogens is 1. The predicted octanol–water partition coefficient (Wildman–Crippen LogP) is 1.95. The number of hydrogen-bond acceptors (Lipinski definition) is 2. The molecule has 110 valence electrons. The van der Waals surface area contributed by atoms with Crippen molar-refractivity contribution < 1.29 is 4.79 Å². The molecular weight excluding hydrogens is 264 g/mol. The minimum absolute atomic E-state index is 0.0121. The Balaban J connectivity index is 1.80. The highest BCUT2D eigenvalue weighted by molar-refractivity contribution is 6.06. The summed E-state index contributed by atoms with van der Waals surface area (Å²) in [4.78, 5) is 26.2. The van der Waals surface area contributed by atoms with Crippen molar-refractivity contribution >= 4 is 18.0 Å². The maximum atomic E-state index is 11.9. The maximum absolute atomic E-state index is 11.9. The Bertz CT molecular complexity index is 614. The fraction of sp³-hybridized carbons (Fsp3) is 0.438. The van der Waals surface area contributed by atoms with Gasteiger partial charge in [0.2, 0.25) is 5.91 Å². The molecule has 1 saturated heterocycles. The molecule has 5 nitrogen and oxygen atoms in total. The van der Waals surface area contributed by atoms with Gasteiger partial charge in [0, 0.05) is 42.7 Å². The number of carbonyl (C=O) groups is 1. The Labute approximate surface area is 124 Å². The van der Waals surface area contributed by atoms with Gasteiger partial charge in [-0.3, -0.25) is 9.79 Å². The number of aliphatic imine (C=N–C) groups is 2. The van der Waals surface area contributed by atoms with E-state index in [1.807, 2.05) is 23.4 Å². The van der Waals surface area contributed by atoms with Crippen molar-refractivity contribution in [3.63, 3.8) is 0 Å². The number of rotatable bonds is 2. The highest BCUT2D eigenvalue weighted by atomic mass is 16.2. The summed E-state index contributed by atoms with van der Waals surface area (Å²) < 4.78 is 0. The number of piperidine rings is 1. The first-order valence-corrected chi connectivity index (χ1v) is 7.39. The molecule has 21 heavy (non-hydrogen) atoms. The first kappa shape index (κ1) is 13.8. The van der Waals surface area contributed by atoms with E-state index in [-0.39, 0.29) is 18.0 Å². The van der Waals surface area contributed by atoms with Crippen LogP contribution < -0.4 is 0 Å². The van der Waals surface area contributed by atoms with Crippen LogP contribution in [0.1, 0.15) is 31.0 Å². The lowest BCUT2D eigenvalue weighted by atomic mass is 9.99. The molecule has 0 saturated carbocycles. The Morgan fingerprint density at radius 2 is 2.43 bits per heavy atom. The van der Waals surface area contributed by atoms with Crippen LogP contribution in [0.5, 0.6) is 0 Å². The standard InChI is InChI=1S/C16H20N4O/c1-3-15(21)20-10-12(5-4-11(20)2)19-16-13-6-8-17-14(13)7-9-18-16/h3,6,8-9,11-12,17H,1,4-5,7,10H2,2H3/t11-,12+/m0/s1. The van der Waals surface area contributed by atoms with Crippen molar-refractivity contribution in [1.29, 1.82) is 0 Å². The molecule has 3 heterocycles. The number of likely N-dealkylation sites (tertiary alicyclic amines) is 1. The number of amides is 1. The highest BCUT2D eigenvalue weighted by Gasteiger charge is 2.28. The Hall–Kier alpha value is -2.17. The fourth-order valence-corrected chi connectivity index (χ4v) is 2.97. The summed E-state index contributed by atoms with van der Waals surface area (Å²) in [7, 11) is 0. The number of carbonyl (C=O) groups excluding carboxylic acids is 1. The predicted molar refractivity (Wildman–Crippen MR) is 83.9 cm³/mol. The molecule has 1 aromatic heterocycles. The van der Waals surface area contributed by atoms with Crippen LogP contribution in [0.4, 0.5) is 0 Å². The highest BCUT2D eigenvalue weighted by Crippen LogP contribution is 2.22. The van der Waals surface area contributed by atoms with Gasteiger partial charge in [-0.15, -0.1) is 0 Å². The van der Waals surface area contributed by atoms with Gasteiger partial charge in [0.25, 0.3) is 0 Å². The molecule has 0 aliphatic carbocycles. The molecule has 3 rings (SSSR count). The molecule has 0 aromatic carbocycles. The Morgan fingerprint density at radius 1 is 1.57 bits per heavy atom. The normalized spacial score (nSPS) is 26.7. The largest absolute Gasteiger partial charge is 0.364 e. The van der Waals surface area contributed by atoms with Crippen LogP contribution in [0, 0.1) is 0 Å². The Morgan fingerprint density at radius 3 is 3.24 bits per heavy atom. The van der Waals surface area contributed by atoms with E-state index in [1.54, 1.807) is 0 Å². The molecule has 1 N–H and O–H groups in total. The molecule has 0 radical (unpaired) electrons. The van der Waals surface area contributed by atoms with Gasteiger partial charge >= 0.3 is 0 Å². The van der Waals surface area contributed by atoms with Gasteiger partial charge in [-0.25, -0.2) is 4.99 Å². The van der Waals surface area contributed by atoms with Crippen LogP contribution in [-0.2, 0) is 11.2 Å². The maximum Gasteiger partial charge on any atom is 0.246 e. The number of nitrogens with zero attached hydrogens (tertiary/aromatic N) is 3. The van der Waals surface area contributed by atoms with Crippen LogP contribution in [0.3, 0.4) is 0 Å². The summed E-state index contributed by atoms with van der Waals surface area (Å²) in [6, 6.07) is 2.38. The average Bonchev–Trinajstić information content (AvgIpc) is 2.98. The van der Waals surface area contributed by atoms with Gasteiger partial charge in [0.1, 0.15) is 0 Å². The molecule has 2 aliphatic rings. The second-order valence-corrected chi connectivity index (χ2v) is 5.61. The fourth-order valence-electron chi connectivity index (χ4n) is 2.97. The second-order valence-electron chi connectivity index (χ2n) is 5.61. The molecule has 1 fully saturated rings. The third-order valence-corrected chi connectivity index (χ3v) is 4.20. The number of fused-ring (bicyclic) bond motifs is 1. The van der Waals surface area contributed by atoms with Gasteiger partial charge in [-0.2, -0.15) is 0 Å². The van der Waals surface area contributed by atoms with Crippen molar-refractivity contribution in [1.82, 2.24) is 9.88 Å². The molecule has 0 spiro atoms. The number of nitrogens with one attached hydrogen (secondary N) is 1. The van der Waals surface area contributed by atoms with Crippen molar-refractivity contribution in [3.8, 4) is 0 Å². The topological polar surface area (TPSA) is 60.8 Å². The molecule has 0 bridgehead atoms. The third kappa shape index (κ3) is 2.68. The smallest absolute Gasteiger partial charge is 0.246 e. The van der Waals surface area contributed by atoms with Crippen molar-refractivity contribution in [2.75, 3.05) is 6.54 Å². The SMILES string of the molecule is C=CC(=O)N1C[C@H](N=C2N=CCc3[nH]ccc32)CC[C@@H]1C. The molecule has 2 atom stereocenters. The van der Waals surface area contributed by atoms with Crippen molar-refractivity contribution in [2.45, 2.75) is 38.3 Å². The summed E-state index contributed by atoms with van der Waals surface area (Å²) in [5.41, 5.74) is 2.24. The summed E-state index contributed by atoms with van der Waals surface area (Å²) in [6.07, 6.45) is 7.96. The van der Waals surface area contributed by atoms with E-state index in [4.69, 9.17) is 4.99 Å². The van der Waals surface area contributed by atoms with Gasteiger partial charge < -0.3 is 9.88 Å². The molecule has 2 aliphatic heterocycles. The molecule has 1 amide bonds. The summed E-state index contributed by atoms with van der Waals surface area (Å²) in [5, 5.41) is 0. The zero-order valence-corrected chi connectivity index (χ0v) is 12.2. The first-order valence-electron chi connectivity index (χ1n) is 7.39. The van der Waals surface area contributed by atoms with E-state index >= 15 is 0 Å². The van der Waals surface area contributed by atoms with Crippen LogP contribution in [0.2, 0.25) is 0 Å².